The number of methoxy groups -OCH3 is 1. The molecule has 1 aromatic carbocycles. The minimum atomic E-state index is -1.98. The van der Waals surface area contributed by atoms with Gasteiger partial charge in [-0.1, -0.05) is 60.9 Å². The second kappa shape index (κ2) is 9.57. The lowest BCUT2D eigenvalue weighted by molar-refractivity contribution is -0.288. The van der Waals surface area contributed by atoms with Gasteiger partial charge in [0, 0.05) is 16.5 Å². The highest BCUT2D eigenvalue weighted by molar-refractivity contribution is 9.10. The lowest BCUT2D eigenvalue weighted by Crippen LogP contribution is -2.59. The molecule has 0 spiro atoms. The Hall–Kier alpha value is -2.60. The van der Waals surface area contributed by atoms with Crippen LogP contribution in [0.4, 0.5) is 0 Å². The predicted octanol–water partition coefficient (Wildman–Crippen LogP) is 6.31. The van der Waals surface area contributed by atoms with Gasteiger partial charge in [-0.25, -0.2) is 0 Å². The van der Waals surface area contributed by atoms with Crippen molar-refractivity contribution in [2.75, 3.05) is 7.11 Å². The van der Waals surface area contributed by atoms with E-state index in [0.717, 1.165) is 43.0 Å². The standard InChI is InChI=1S/C26H29BrN4O3/c1-32-20-12-11-18(27)14-19(20)22-24(15-28,16-29)25(17-30)21-10-8-6-4-2-3-5-7-9-13-26(21,33-22)34-23(25)31/h11-12,14,21-22,31H,2-10,13H2,1H3. The minimum absolute atomic E-state index is 0.325. The van der Waals surface area contributed by atoms with Crippen molar-refractivity contribution in [3.8, 4) is 24.0 Å². The Labute approximate surface area is 209 Å². The summed E-state index contributed by atoms with van der Waals surface area (Å²) in [4.78, 5) is 0. The molecule has 3 fully saturated rings. The Bertz CT molecular complexity index is 1070. The summed E-state index contributed by atoms with van der Waals surface area (Å²) >= 11 is 3.47. The van der Waals surface area contributed by atoms with Crippen LogP contribution in [0.2, 0.25) is 0 Å². The highest BCUT2D eigenvalue weighted by Gasteiger charge is 2.80. The summed E-state index contributed by atoms with van der Waals surface area (Å²) in [6, 6.07) is 11.9. The van der Waals surface area contributed by atoms with Crippen molar-refractivity contribution in [2.45, 2.75) is 76.1 Å². The van der Waals surface area contributed by atoms with Crippen LogP contribution in [0.15, 0.2) is 22.7 Å². The second-order valence-corrected chi connectivity index (χ2v) is 10.4. The summed E-state index contributed by atoms with van der Waals surface area (Å²) < 4.78 is 19.2. The molecule has 1 N–H and O–H groups in total. The van der Waals surface area contributed by atoms with Crippen LogP contribution in [-0.4, -0.2) is 18.8 Å². The number of halogens is 1. The van der Waals surface area contributed by atoms with Crippen LogP contribution in [0.1, 0.15) is 75.9 Å². The number of nitrogens with zero attached hydrogens (tertiary/aromatic N) is 3. The van der Waals surface area contributed by atoms with Crippen molar-refractivity contribution in [3.05, 3.63) is 28.2 Å². The van der Waals surface area contributed by atoms with Crippen molar-refractivity contribution in [2.24, 2.45) is 16.7 Å². The normalized spacial score (nSPS) is 33.0. The number of hydrogen-bond donors (Lipinski definition) is 1. The van der Waals surface area contributed by atoms with Crippen LogP contribution >= 0.6 is 15.9 Å². The molecule has 4 atom stereocenters. The van der Waals surface area contributed by atoms with Gasteiger partial charge in [0.25, 0.3) is 0 Å². The van der Waals surface area contributed by atoms with Crippen LogP contribution in [0, 0.1) is 56.2 Å². The minimum Gasteiger partial charge on any atom is -0.496 e. The number of ether oxygens (including phenoxy) is 3. The second-order valence-electron chi connectivity index (χ2n) is 9.50. The smallest absolute Gasteiger partial charge is 0.217 e. The highest BCUT2D eigenvalue weighted by atomic mass is 79.9. The van der Waals surface area contributed by atoms with Gasteiger partial charge in [0.05, 0.1) is 31.2 Å². The maximum Gasteiger partial charge on any atom is 0.217 e. The Balaban J connectivity index is 1.93. The zero-order chi connectivity index (χ0) is 24.4. The molecule has 178 valence electrons. The quantitative estimate of drug-likeness (QED) is 0.483. The SMILES string of the molecule is COc1ccc(Br)cc1C1OC23CCCCCCCCCCC2C(C#N)(C(=N)O3)C1(C#N)C#N. The van der Waals surface area contributed by atoms with Gasteiger partial charge in [-0.3, -0.25) is 5.41 Å². The number of rotatable bonds is 2. The molecule has 4 unspecified atom stereocenters. The van der Waals surface area contributed by atoms with E-state index in [1.54, 1.807) is 18.2 Å². The number of benzene rings is 1. The van der Waals surface area contributed by atoms with E-state index in [1.807, 2.05) is 0 Å². The van der Waals surface area contributed by atoms with Gasteiger partial charge in [0.2, 0.25) is 17.1 Å². The molecular formula is C26H29BrN4O3. The van der Waals surface area contributed by atoms with Gasteiger partial charge in [-0.2, -0.15) is 15.8 Å². The van der Waals surface area contributed by atoms with Gasteiger partial charge in [0.15, 0.2) is 5.41 Å². The summed E-state index contributed by atoms with van der Waals surface area (Å²) in [5.41, 5.74) is -3.23. The third-order valence-electron chi connectivity index (χ3n) is 7.79. The Kier molecular flexibility index (Phi) is 6.90. The topological polar surface area (TPSA) is 123 Å². The maximum atomic E-state index is 10.6. The van der Waals surface area contributed by atoms with Crippen LogP contribution in [0.3, 0.4) is 0 Å². The van der Waals surface area contributed by atoms with Crippen LogP contribution in [0.25, 0.3) is 0 Å². The predicted molar refractivity (Wildman–Crippen MR) is 127 cm³/mol. The Morgan fingerprint density at radius 1 is 1.00 bits per heavy atom. The Morgan fingerprint density at radius 2 is 1.65 bits per heavy atom. The molecule has 2 heterocycles. The van der Waals surface area contributed by atoms with Crippen molar-refractivity contribution < 1.29 is 14.2 Å². The van der Waals surface area contributed by atoms with Crippen LogP contribution < -0.4 is 4.74 Å². The van der Waals surface area contributed by atoms with E-state index < -0.39 is 28.6 Å². The zero-order valence-electron chi connectivity index (χ0n) is 19.4. The largest absolute Gasteiger partial charge is 0.496 e. The van der Waals surface area contributed by atoms with E-state index >= 15 is 0 Å². The molecule has 1 saturated carbocycles. The fourth-order valence-corrected chi connectivity index (χ4v) is 6.49. The fraction of sp³-hybridized carbons (Fsp3) is 0.615. The van der Waals surface area contributed by atoms with Gasteiger partial charge in [-0.05, 0) is 31.0 Å². The third kappa shape index (κ3) is 3.49. The van der Waals surface area contributed by atoms with Crippen molar-refractivity contribution >= 4 is 21.8 Å². The number of nitrogens with one attached hydrogen (secondary N) is 1. The molecule has 2 bridgehead atoms. The molecule has 1 aliphatic carbocycles. The van der Waals surface area contributed by atoms with Crippen LogP contribution in [-0.2, 0) is 9.47 Å². The average molecular weight is 525 g/mol. The van der Waals surface area contributed by atoms with E-state index in [2.05, 4.69) is 34.1 Å². The summed E-state index contributed by atoms with van der Waals surface area (Å²) in [6.07, 6.45) is 8.19. The number of nitriles is 3. The first kappa shape index (κ1) is 24.5. The molecule has 34 heavy (non-hydrogen) atoms. The summed E-state index contributed by atoms with van der Waals surface area (Å²) in [5, 5.41) is 40.5. The molecule has 0 aromatic heterocycles. The molecule has 7 nitrogen and oxygen atoms in total. The maximum absolute atomic E-state index is 10.6. The molecular weight excluding hydrogens is 496 g/mol. The van der Waals surface area contributed by atoms with Crippen molar-refractivity contribution in [1.29, 1.82) is 21.2 Å². The van der Waals surface area contributed by atoms with Crippen LogP contribution in [0.5, 0.6) is 5.75 Å². The summed E-state index contributed by atoms with van der Waals surface area (Å²) in [5.74, 6) is -1.69. The van der Waals surface area contributed by atoms with Crippen molar-refractivity contribution in [3.63, 3.8) is 0 Å². The van der Waals surface area contributed by atoms with E-state index in [0.29, 0.717) is 24.2 Å². The molecule has 0 radical (unpaired) electrons. The molecule has 8 heteroatoms. The van der Waals surface area contributed by atoms with Crippen molar-refractivity contribution in [1.82, 2.24) is 0 Å². The average Bonchev–Trinajstić information content (AvgIpc) is 3.02. The molecule has 2 aliphatic heterocycles. The molecule has 0 amide bonds. The van der Waals surface area contributed by atoms with Gasteiger partial charge >= 0.3 is 0 Å². The van der Waals surface area contributed by atoms with E-state index in [1.165, 1.54) is 20.0 Å². The van der Waals surface area contributed by atoms with E-state index in [9.17, 15) is 15.8 Å². The lowest BCUT2D eigenvalue weighted by atomic mass is 9.52. The molecule has 4 rings (SSSR count). The van der Waals surface area contributed by atoms with E-state index in [-0.39, 0.29) is 5.90 Å². The van der Waals surface area contributed by atoms with Gasteiger partial charge in [0.1, 0.15) is 11.9 Å². The first-order chi connectivity index (χ1) is 16.4. The monoisotopic (exact) mass is 524 g/mol. The van der Waals surface area contributed by atoms with Gasteiger partial charge in [-0.15, -0.1) is 0 Å². The fourth-order valence-electron chi connectivity index (χ4n) is 6.11. The summed E-state index contributed by atoms with van der Waals surface area (Å²) in [7, 11) is 1.51. The first-order valence-corrected chi connectivity index (χ1v) is 12.8. The molecule has 3 aliphatic rings. The Morgan fingerprint density at radius 3 is 2.26 bits per heavy atom. The first-order valence-electron chi connectivity index (χ1n) is 12.0. The number of hydrogen-bond acceptors (Lipinski definition) is 7. The summed E-state index contributed by atoms with van der Waals surface area (Å²) in [6.45, 7) is 0. The highest BCUT2D eigenvalue weighted by Crippen LogP contribution is 2.69. The van der Waals surface area contributed by atoms with E-state index in [4.69, 9.17) is 19.6 Å². The third-order valence-corrected chi connectivity index (χ3v) is 8.28. The van der Waals surface area contributed by atoms with Gasteiger partial charge < -0.3 is 14.2 Å². The lowest BCUT2D eigenvalue weighted by Gasteiger charge is -2.50. The molecule has 2 saturated heterocycles. The molecule has 1 aromatic rings. The zero-order valence-corrected chi connectivity index (χ0v) is 21.0.